The Morgan fingerprint density at radius 2 is 1.67 bits per heavy atom. The van der Waals surface area contributed by atoms with Gasteiger partial charge in [-0.15, -0.1) is 12.4 Å². The largest absolute Gasteiger partial charge is 0.396 e. The number of halogens is 1. The molecule has 7 nitrogen and oxygen atoms in total. The normalized spacial score (nSPS) is 15.3. The summed E-state index contributed by atoms with van der Waals surface area (Å²) in [6, 6.07) is 12.1. The highest BCUT2D eigenvalue weighted by Crippen LogP contribution is 2.44. The first-order chi connectivity index (χ1) is 15.7. The average Bonchev–Trinajstić information content (AvgIpc) is 3.35. The van der Waals surface area contributed by atoms with E-state index in [2.05, 4.69) is 26.3 Å². The second-order valence-corrected chi connectivity index (χ2v) is 8.59. The van der Waals surface area contributed by atoms with E-state index < -0.39 is 0 Å². The summed E-state index contributed by atoms with van der Waals surface area (Å²) in [6.45, 7) is 2.38. The van der Waals surface area contributed by atoms with Crippen molar-refractivity contribution in [1.82, 2.24) is 20.2 Å². The average molecular weight is 461 g/mol. The summed E-state index contributed by atoms with van der Waals surface area (Å²) in [5.74, 6) is -0.687. The van der Waals surface area contributed by atoms with E-state index >= 15 is 0 Å². The van der Waals surface area contributed by atoms with Crippen LogP contribution in [0, 0.1) is 0 Å². The molecule has 0 spiro atoms. The van der Waals surface area contributed by atoms with Gasteiger partial charge in [-0.25, -0.2) is 0 Å². The number of H-pyrrole nitrogens is 1. The monoisotopic (exact) mass is 460 g/mol. The lowest BCUT2D eigenvalue weighted by Crippen LogP contribution is -2.20. The number of carbonyl (C=O) groups excluding carboxylic acids is 2. The van der Waals surface area contributed by atoms with Gasteiger partial charge < -0.3 is 20.0 Å². The standard InChI is InChI=1S/C25H20N4O3.ClH/c30-10-7-12-3-1-5-14-16-18-19(25(32)28-24(18)31)17-15-6-2-4-13-11-26-8-9-29(22(13)15)23(17)21(16)27-20(12)14;/h1-6,26-27,30H,7-11H2,(H,28,31,32);1H. The van der Waals surface area contributed by atoms with Gasteiger partial charge in [-0.05, 0) is 17.5 Å². The number of nitrogens with one attached hydrogen (secondary N) is 3. The molecule has 4 N–H and O–H groups in total. The molecule has 0 radical (unpaired) electrons. The van der Waals surface area contributed by atoms with Crippen LogP contribution in [0.5, 0.6) is 0 Å². The lowest BCUT2D eigenvalue weighted by Gasteiger charge is -2.08. The van der Waals surface area contributed by atoms with E-state index in [9.17, 15) is 14.7 Å². The van der Waals surface area contributed by atoms with E-state index in [1.807, 2.05) is 30.3 Å². The van der Waals surface area contributed by atoms with E-state index in [1.165, 1.54) is 5.56 Å². The number of amides is 2. The van der Waals surface area contributed by atoms with Crippen molar-refractivity contribution < 1.29 is 14.7 Å². The van der Waals surface area contributed by atoms with Crippen LogP contribution in [0.25, 0.3) is 43.6 Å². The SMILES string of the molecule is Cl.O=C1NC(=O)c2c1c1c3cccc(CCO)c3[nH]c1c1c2c2cccc3c2n1CCNC3. The zero-order valence-electron chi connectivity index (χ0n) is 17.6. The van der Waals surface area contributed by atoms with E-state index in [4.69, 9.17) is 0 Å². The molecule has 2 amide bonds. The molecule has 8 heteroatoms. The number of hydrogen-bond donors (Lipinski definition) is 4. The number of imide groups is 1. The van der Waals surface area contributed by atoms with Crippen LogP contribution < -0.4 is 10.6 Å². The van der Waals surface area contributed by atoms with Crippen molar-refractivity contribution in [1.29, 1.82) is 0 Å². The minimum atomic E-state index is -0.351. The number of aliphatic hydroxyl groups excluding tert-OH is 1. The van der Waals surface area contributed by atoms with Gasteiger partial charge in [0.05, 0.1) is 27.7 Å². The lowest BCUT2D eigenvalue weighted by atomic mass is 9.96. The third kappa shape index (κ3) is 2.47. The van der Waals surface area contributed by atoms with E-state index in [0.29, 0.717) is 17.5 Å². The minimum absolute atomic E-state index is 0. The Hall–Kier alpha value is -3.39. The highest BCUT2D eigenvalue weighted by atomic mass is 35.5. The summed E-state index contributed by atoms with van der Waals surface area (Å²) < 4.78 is 2.29. The molecule has 0 saturated heterocycles. The Bertz CT molecular complexity index is 1660. The number of carbonyl (C=O) groups is 2. The summed E-state index contributed by atoms with van der Waals surface area (Å²) in [4.78, 5) is 29.7. The van der Waals surface area contributed by atoms with Crippen molar-refractivity contribution in [2.45, 2.75) is 19.5 Å². The number of aromatic amines is 1. The summed E-state index contributed by atoms with van der Waals surface area (Å²) in [7, 11) is 0. The van der Waals surface area contributed by atoms with E-state index in [0.717, 1.165) is 68.8 Å². The highest BCUT2D eigenvalue weighted by molar-refractivity contribution is 6.39. The molecule has 2 aliphatic heterocycles. The molecule has 166 valence electrons. The quantitative estimate of drug-likeness (QED) is 0.303. The number of benzene rings is 3. The number of nitrogens with zero attached hydrogens (tertiary/aromatic N) is 1. The molecule has 2 aromatic heterocycles. The van der Waals surface area contributed by atoms with Crippen LogP contribution in [0.1, 0.15) is 31.8 Å². The van der Waals surface area contributed by atoms with Crippen LogP contribution in [-0.2, 0) is 19.5 Å². The number of fused-ring (bicyclic) bond motifs is 10. The Labute approximate surface area is 194 Å². The molecule has 3 aromatic carbocycles. The van der Waals surface area contributed by atoms with Gasteiger partial charge in [-0.3, -0.25) is 14.9 Å². The number of rotatable bonds is 2. The summed E-state index contributed by atoms with van der Waals surface area (Å²) in [5.41, 5.74) is 6.94. The van der Waals surface area contributed by atoms with Gasteiger partial charge in [0, 0.05) is 53.3 Å². The van der Waals surface area contributed by atoms with Crippen molar-refractivity contribution in [2.75, 3.05) is 13.2 Å². The fourth-order valence-corrected chi connectivity index (χ4v) is 5.76. The zero-order chi connectivity index (χ0) is 21.6. The van der Waals surface area contributed by atoms with Gasteiger partial charge in [0.2, 0.25) is 0 Å². The molecule has 0 aliphatic carbocycles. The Morgan fingerprint density at radius 1 is 0.909 bits per heavy atom. The molecular formula is C25H21ClN4O3. The summed E-state index contributed by atoms with van der Waals surface area (Å²) in [6.07, 6.45) is 0.512. The maximum atomic E-state index is 13.1. The molecule has 4 heterocycles. The van der Waals surface area contributed by atoms with Crippen LogP contribution in [0.2, 0.25) is 0 Å². The molecule has 0 fully saturated rings. The Balaban J connectivity index is 0.00000206. The molecule has 2 aliphatic rings. The zero-order valence-corrected chi connectivity index (χ0v) is 18.4. The molecular weight excluding hydrogens is 440 g/mol. The van der Waals surface area contributed by atoms with Gasteiger partial charge in [0.25, 0.3) is 11.8 Å². The van der Waals surface area contributed by atoms with Gasteiger partial charge in [-0.1, -0.05) is 36.4 Å². The first kappa shape index (κ1) is 20.2. The third-order valence-corrected chi connectivity index (χ3v) is 6.96. The van der Waals surface area contributed by atoms with Crippen molar-refractivity contribution in [2.24, 2.45) is 0 Å². The molecule has 7 rings (SSSR count). The summed E-state index contributed by atoms with van der Waals surface area (Å²) in [5, 5.41) is 19.1. The molecule has 0 unspecified atom stereocenters. The predicted molar refractivity (Wildman–Crippen MR) is 130 cm³/mol. The number of aromatic nitrogens is 2. The van der Waals surface area contributed by atoms with Gasteiger partial charge in [0.15, 0.2) is 0 Å². The van der Waals surface area contributed by atoms with Crippen molar-refractivity contribution >= 4 is 67.8 Å². The summed E-state index contributed by atoms with van der Waals surface area (Å²) >= 11 is 0. The number of aliphatic hydroxyl groups is 1. The number of para-hydroxylation sites is 2. The number of hydrogen-bond acceptors (Lipinski definition) is 4. The van der Waals surface area contributed by atoms with Crippen molar-refractivity contribution in [3.05, 3.63) is 58.7 Å². The van der Waals surface area contributed by atoms with Gasteiger partial charge in [0.1, 0.15) is 0 Å². The molecule has 0 atom stereocenters. The van der Waals surface area contributed by atoms with E-state index in [-0.39, 0.29) is 30.8 Å². The molecule has 33 heavy (non-hydrogen) atoms. The Morgan fingerprint density at radius 3 is 2.48 bits per heavy atom. The maximum Gasteiger partial charge on any atom is 0.259 e. The van der Waals surface area contributed by atoms with Crippen LogP contribution in [0.3, 0.4) is 0 Å². The fraction of sp³-hybridized carbons (Fsp3) is 0.200. The fourth-order valence-electron chi connectivity index (χ4n) is 5.76. The molecule has 0 saturated carbocycles. The first-order valence-corrected chi connectivity index (χ1v) is 10.9. The van der Waals surface area contributed by atoms with Crippen LogP contribution in [-0.4, -0.2) is 39.6 Å². The first-order valence-electron chi connectivity index (χ1n) is 10.9. The van der Waals surface area contributed by atoms with Gasteiger partial charge in [-0.2, -0.15) is 0 Å². The highest BCUT2D eigenvalue weighted by Gasteiger charge is 2.36. The van der Waals surface area contributed by atoms with Crippen molar-refractivity contribution in [3.8, 4) is 0 Å². The predicted octanol–water partition coefficient (Wildman–Crippen LogP) is 3.37. The van der Waals surface area contributed by atoms with Crippen molar-refractivity contribution in [3.63, 3.8) is 0 Å². The van der Waals surface area contributed by atoms with Crippen LogP contribution >= 0.6 is 12.4 Å². The second kappa shape index (κ2) is 7.05. The van der Waals surface area contributed by atoms with Crippen LogP contribution in [0.15, 0.2) is 36.4 Å². The smallest absolute Gasteiger partial charge is 0.259 e. The molecule has 0 bridgehead atoms. The maximum absolute atomic E-state index is 13.1. The Kier molecular flexibility index (Phi) is 4.32. The lowest BCUT2D eigenvalue weighted by molar-refractivity contribution is 0.0880. The second-order valence-electron chi connectivity index (χ2n) is 8.59. The van der Waals surface area contributed by atoms with E-state index in [1.54, 1.807) is 0 Å². The van der Waals surface area contributed by atoms with Crippen LogP contribution in [0.4, 0.5) is 0 Å². The minimum Gasteiger partial charge on any atom is -0.396 e. The molecule has 5 aromatic rings. The van der Waals surface area contributed by atoms with Gasteiger partial charge >= 0.3 is 0 Å². The third-order valence-electron chi connectivity index (χ3n) is 6.96. The topological polar surface area (TPSA) is 99.2 Å².